The Hall–Kier alpha value is -1.11. The average molecular weight is 314 g/mol. The second-order valence-electron chi connectivity index (χ2n) is 3.55. The molecule has 0 fully saturated rings. The molecule has 0 aromatic heterocycles. The third-order valence-corrected chi connectivity index (χ3v) is 2.59. The first kappa shape index (κ1) is 15.9. The van der Waals surface area contributed by atoms with Gasteiger partial charge in [0, 0.05) is 5.69 Å². The fourth-order valence-corrected chi connectivity index (χ4v) is 1.69. The molecule has 0 atom stereocenters. The zero-order chi connectivity index (χ0) is 14.4. The predicted molar refractivity (Wildman–Crippen MR) is 68.2 cm³/mol. The minimum absolute atomic E-state index is 0.00301. The Bertz CT molecular complexity index is 435. The summed E-state index contributed by atoms with van der Waals surface area (Å²) >= 11 is 11.3. The number of halogens is 4. The molecular weight excluding hydrogens is 303 g/mol. The molecule has 106 valence electrons. The van der Waals surface area contributed by atoms with Crippen LogP contribution in [-0.4, -0.2) is 30.7 Å². The van der Waals surface area contributed by atoms with Crippen molar-refractivity contribution in [1.29, 1.82) is 0 Å². The number of phenols is 1. The molecule has 0 aliphatic carbocycles. The number of ether oxygens (including phenoxy) is 1. The minimum Gasteiger partial charge on any atom is -0.505 e. The van der Waals surface area contributed by atoms with Crippen molar-refractivity contribution in [3.05, 3.63) is 22.2 Å². The van der Waals surface area contributed by atoms with Crippen LogP contribution in [0.4, 0.5) is 14.5 Å². The summed E-state index contributed by atoms with van der Waals surface area (Å²) in [5.74, 6) is -0.714. The Labute approximate surface area is 118 Å². The van der Waals surface area contributed by atoms with Gasteiger partial charge in [0.25, 0.3) is 6.43 Å². The van der Waals surface area contributed by atoms with E-state index in [1.165, 1.54) is 12.1 Å². The highest BCUT2D eigenvalue weighted by atomic mass is 35.5. The van der Waals surface area contributed by atoms with Gasteiger partial charge < -0.3 is 15.2 Å². The van der Waals surface area contributed by atoms with Crippen LogP contribution in [0, 0.1) is 0 Å². The summed E-state index contributed by atoms with van der Waals surface area (Å²) < 4.78 is 28.1. The molecule has 0 aliphatic rings. The first-order valence-corrected chi connectivity index (χ1v) is 5.99. The number of phenolic OH excluding ortho intramolecular Hbond substituents is 1. The number of aromatic hydroxyl groups is 1. The minimum atomic E-state index is -2.56. The number of amides is 1. The smallest absolute Gasteiger partial charge is 0.261 e. The van der Waals surface area contributed by atoms with Crippen molar-refractivity contribution in [2.45, 2.75) is 12.8 Å². The monoisotopic (exact) mass is 313 g/mol. The molecule has 19 heavy (non-hydrogen) atoms. The lowest BCUT2D eigenvalue weighted by Gasteiger charge is -2.08. The van der Waals surface area contributed by atoms with Gasteiger partial charge in [0.05, 0.1) is 23.1 Å². The first-order valence-electron chi connectivity index (χ1n) is 5.24. The summed E-state index contributed by atoms with van der Waals surface area (Å²) in [5.41, 5.74) is 0.298. The van der Waals surface area contributed by atoms with Crippen molar-refractivity contribution in [1.82, 2.24) is 0 Å². The van der Waals surface area contributed by atoms with Gasteiger partial charge in [0.2, 0.25) is 5.91 Å². The van der Waals surface area contributed by atoms with Crippen LogP contribution < -0.4 is 5.32 Å². The second kappa shape index (κ2) is 7.47. The number of carbonyl (C=O) groups excluding carboxylic acids is 1. The van der Waals surface area contributed by atoms with Crippen LogP contribution in [0.1, 0.15) is 6.42 Å². The van der Waals surface area contributed by atoms with Gasteiger partial charge >= 0.3 is 0 Å². The Morgan fingerprint density at radius 2 is 1.95 bits per heavy atom. The second-order valence-corrected chi connectivity index (χ2v) is 4.37. The summed E-state index contributed by atoms with van der Waals surface area (Å²) in [7, 11) is 0. The fraction of sp³-hybridized carbons (Fsp3) is 0.364. The lowest BCUT2D eigenvalue weighted by Crippen LogP contribution is -2.15. The number of alkyl halides is 2. The highest BCUT2D eigenvalue weighted by Crippen LogP contribution is 2.34. The summed E-state index contributed by atoms with van der Waals surface area (Å²) in [6.45, 7) is -0.820. The molecule has 1 aromatic rings. The van der Waals surface area contributed by atoms with Crippen LogP contribution in [0.15, 0.2) is 12.1 Å². The lowest BCUT2D eigenvalue weighted by atomic mass is 10.3. The molecule has 1 aromatic carbocycles. The van der Waals surface area contributed by atoms with Gasteiger partial charge in [-0.2, -0.15) is 0 Å². The molecule has 2 N–H and O–H groups in total. The average Bonchev–Trinajstić information content (AvgIpc) is 2.31. The number of anilines is 1. The van der Waals surface area contributed by atoms with Crippen molar-refractivity contribution < 1.29 is 23.4 Å². The van der Waals surface area contributed by atoms with Crippen molar-refractivity contribution in [3.8, 4) is 5.75 Å². The predicted octanol–water partition coefficient (Wildman–Crippen LogP) is 3.31. The Morgan fingerprint density at radius 3 is 2.47 bits per heavy atom. The Morgan fingerprint density at radius 1 is 1.37 bits per heavy atom. The van der Waals surface area contributed by atoms with E-state index >= 15 is 0 Å². The molecule has 8 heteroatoms. The molecule has 0 heterocycles. The van der Waals surface area contributed by atoms with E-state index in [-0.39, 0.29) is 28.8 Å². The number of hydrogen-bond acceptors (Lipinski definition) is 3. The van der Waals surface area contributed by atoms with Crippen molar-refractivity contribution in [2.24, 2.45) is 0 Å². The summed E-state index contributed by atoms with van der Waals surface area (Å²) in [6, 6.07) is 2.64. The highest BCUT2D eigenvalue weighted by Gasteiger charge is 2.09. The van der Waals surface area contributed by atoms with Gasteiger partial charge in [-0.3, -0.25) is 4.79 Å². The van der Waals surface area contributed by atoms with Gasteiger partial charge in [-0.25, -0.2) is 8.78 Å². The summed E-state index contributed by atoms with van der Waals surface area (Å²) in [5, 5.41) is 11.8. The topological polar surface area (TPSA) is 58.6 Å². The molecular formula is C11H11Cl2F2NO3. The summed E-state index contributed by atoms with van der Waals surface area (Å²) in [4.78, 5) is 11.4. The van der Waals surface area contributed by atoms with E-state index in [9.17, 15) is 18.7 Å². The van der Waals surface area contributed by atoms with Crippen molar-refractivity contribution >= 4 is 34.8 Å². The van der Waals surface area contributed by atoms with Crippen LogP contribution >= 0.6 is 23.2 Å². The SMILES string of the molecule is O=C(CCOCC(F)F)Nc1cc(Cl)c(O)c(Cl)c1. The third-order valence-electron chi connectivity index (χ3n) is 2.02. The van der Waals surface area contributed by atoms with E-state index < -0.39 is 18.9 Å². The quantitative estimate of drug-likeness (QED) is 0.625. The molecule has 4 nitrogen and oxygen atoms in total. The van der Waals surface area contributed by atoms with Gasteiger partial charge in [0.1, 0.15) is 6.61 Å². The summed E-state index contributed by atoms with van der Waals surface area (Å²) in [6.07, 6.45) is -2.64. The number of nitrogens with one attached hydrogen (secondary N) is 1. The van der Waals surface area contributed by atoms with E-state index in [2.05, 4.69) is 10.1 Å². The maximum absolute atomic E-state index is 11.8. The molecule has 0 aliphatic heterocycles. The van der Waals surface area contributed by atoms with Gasteiger partial charge in [-0.15, -0.1) is 0 Å². The first-order chi connectivity index (χ1) is 8.90. The number of benzene rings is 1. The highest BCUT2D eigenvalue weighted by molar-refractivity contribution is 6.37. The van der Waals surface area contributed by atoms with E-state index in [0.29, 0.717) is 5.69 Å². The molecule has 1 amide bonds. The van der Waals surface area contributed by atoms with Crippen LogP contribution in [0.3, 0.4) is 0 Å². The van der Waals surface area contributed by atoms with Crippen LogP contribution in [0.5, 0.6) is 5.75 Å². The van der Waals surface area contributed by atoms with Gasteiger partial charge in [-0.05, 0) is 12.1 Å². The third kappa shape index (κ3) is 5.59. The standard InChI is InChI=1S/C11H11Cl2F2NO3/c12-7-3-6(4-8(13)11(7)18)16-10(17)1-2-19-5-9(14)15/h3-4,9,18H,1-2,5H2,(H,16,17). The van der Waals surface area contributed by atoms with E-state index in [1.807, 2.05) is 0 Å². The fourth-order valence-electron chi connectivity index (χ4n) is 1.20. The molecule has 0 saturated carbocycles. The molecule has 0 radical (unpaired) electrons. The zero-order valence-electron chi connectivity index (χ0n) is 9.63. The number of rotatable bonds is 6. The number of carbonyl (C=O) groups is 1. The zero-order valence-corrected chi connectivity index (χ0v) is 11.1. The van der Waals surface area contributed by atoms with Crippen LogP contribution in [0.2, 0.25) is 10.0 Å². The van der Waals surface area contributed by atoms with Gasteiger partial charge in [0.15, 0.2) is 5.75 Å². The van der Waals surface area contributed by atoms with E-state index in [1.54, 1.807) is 0 Å². The van der Waals surface area contributed by atoms with Crippen LogP contribution in [-0.2, 0) is 9.53 Å². The van der Waals surface area contributed by atoms with Crippen molar-refractivity contribution in [3.63, 3.8) is 0 Å². The lowest BCUT2D eigenvalue weighted by molar-refractivity contribution is -0.117. The largest absolute Gasteiger partial charge is 0.505 e. The van der Waals surface area contributed by atoms with Crippen LogP contribution in [0.25, 0.3) is 0 Å². The normalized spacial score (nSPS) is 10.8. The Kier molecular flexibility index (Phi) is 6.27. The molecule has 0 spiro atoms. The van der Waals surface area contributed by atoms with E-state index in [0.717, 1.165) is 0 Å². The maximum Gasteiger partial charge on any atom is 0.261 e. The van der Waals surface area contributed by atoms with Crippen molar-refractivity contribution in [2.75, 3.05) is 18.5 Å². The maximum atomic E-state index is 11.8. The van der Waals surface area contributed by atoms with Gasteiger partial charge in [-0.1, -0.05) is 23.2 Å². The molecule has 1 rings (SSSR count). The molecule has 0 bridgehead atoms. The van der Waals surface area contributed by atoms with E-state index in [4.69, 9.17) is 23.2 Å². The molecule has 0 unspecified atom stereocenters. The number of hydrogen-bond donors (Lipinski definition) is 2. The molecule has 0 saturated heterocycles. The Balaban J connectivity index is 2.44.